The Morgan fingerprint density at radius 2 is 2.20 bits per heavy atom. The third-order valence-corrected chi connectivity index (χ3v) is 3.71. The second-order valence-electron chi connectivity index (χ2n) is 4.35. The SMILES string of the molecule is CO.N#CC([NH-])c1cnn2cc(C3CC3)cc(Br)c12.[U]. The minimum absolute atomic E-state index is 0. The van der Waals surface area contributed by atoms with Crippen LogP contribution in [0.4, 0.5) is 0 Å². The molecule has 0 saturated heterocycles. The summed E-state index contributed by atoms with van der Waals surface area (Å²) < 4.78 is 2.69. The Bertz CT molecular complexity index is 633. The molecule has 7 heteroatoms. The van der Waals surface area contributed by atoms with Gasteiger partial charge in [-0.25, -0.2) is 4.52 Å². The van der Waals surface area contributed by atoms with Crippen LogP contribution in [0.15, 0.2) is 22.9 Å². The topological polar surface area (TPSA) is 85.1 Å². The van der Waals surface area contributed by atoms with E-state index in [9.17, 15) is 0 Å². The van der Waals surface area contributed by atoms with E-state index in [4.69, 9.17) is 16.1 Å². The molecule has 1 unspecified atom stereocenters. The maximum Gasteiger partial charge on any atom is 0.0830 e. The third-order valence-electron chi connectivity index (χ3n) is 3.10. The van der Waals surface area contributed by atoms with Gasteiger partial charge < -0.3 is 10.8 Å². The van der Waals surface area contributed by atoms with Crippen LogP contribution >= 0.6 is 15.9 Å². The zero-order chi connectivity index (χ0) is 14.0. The predicted octanol–water partition coefficient (Wildman–Crippen LogP) is 3.20. The molecule has 0 aliphatic heterocycles. The molecule has 104 valence electrons. The summed E-state index contributed by atoms with van der Waals surface area (Å²) in [6.45, 7) is 0. The molecule has 0 radical (unpaired) electrons. The average molecular weight is 560 g/mol. The standard InChI is InChI=1S/C12H10BrN4.CH4O.U/c13-10-3-8(7-1-2-7)6-17-12(10)9(5-16-17)11(15)4-14;1-2;/h3,5-7,11,15H,1-2H2;2H,1H3;/q-1;;. The fraction of sp³-hybridized carbons (Fsp3) is 0.385. The molecule has 5 nitrogen and oxygen atoms in total. The van der Waals surface area contributed by atoms with E-state index in [1.807, 2.05) is 12.3 Å². The first-order chi connectivity index (χ1) is 9.20. The normalized spacial score (nSPS) is 14.8. The Labute approximate surface area is 149 Å². The van der Waals surface area contributed by atoms with Gasteiger partial charge in [0.1, 0.15) is 0 Å². The van der Waals surface area contributed by atoms with Gasteiger partial charge in [-0.3, -0.25) is 0 Å². The van der Waals surface area contributed by atoms with Crippen LogP contribution in [0.1, 0.15) is 35.9 Å². The van der Waals surface area contributed by atoms with Crippen LogP contribution in [0.3, 0.4) is 0 Å². The van der Waals surface area contributed by atoms with Crippen molar-refractivity contribution in [3.05, 3.63) is 39.8 Å². The molecular weight excluding hydrogens is 546 g/mol. The summed E-state index contributed by atoms with van der Waals surface area (Å²) in [6, 6.07) is 3.14. The fourth-order valence-corrected chi connectivity index (χ4v) is 2.71. The average Bonchev–Trinajstić information content (AvgIpc) is 3.20. The molecule has 1 fully saturated rings. The first kappa shape index (κ1) is 17.7. The molecule has 1 aliphatic carbocycles. The molecule has 1 atom stereocenters. The van der Waals surface area contributed by atoms with Crippen molar-refractivity contribution in [1.82, 2.24) is 9.61 Å². The number of nitriles is 1. The quantitative estimate of drug-likeness (QED) is 0.613. The molecule has 0 aromatic carbocycles. The van der Waals surface area contributed by atoms with Gasteiger partial charge in [-0.2, -0.15) is 10.4 Å². The van der Waals surface area contributed by atoms with Gasteiger partial charge in [-0.05, 0) is 57.9 Å². The molecule has 2 aromatic rings. The Balaban J connectivity index is 0.000000639. The number of nitrogens with zero attached hydrogens (tertiary/aromatic N) is 3. The van der Waals surface area contributed by atoms with Crippen molar-refractivity contribution >= 4 is 21.4 Å². The number of aromatic nitrogens is 2. The molecule has 2 aromatic heterocycles. The molecule has 0 amide bonds. The van der Waals surface area contributed by atoms with Gasteiger partial charge in [-0.15, -0.1) is 0 Å². The van der Waals surface area contributed by atoms with Crippen LogP contribution in [-0.4, -0.2) is 21.8 Å². The summed E-state index contributed by atoms with van der Waals surface area (Å²) in [5, 5.41) is 20.1. The number of fused-ring (bicyclic) bond motifs is 1. The van der Waals surface area contributed by atoms with Crippen molar-refractivity contribution in [2.45, 2.75) is 24.8 Å². The van der Waals surface area contributed by atoms with Crippen molar-refractivity contribution in [3.8, 4) is 6.07 Å². The Morgan fingerprint density at radius 3 is 2.75 bits per heavy atom. The Morgan fingerprint density at radius 1 is 1.55 bits per heavy atom. The number of nitrogens with one attached hydrogen (secondary N) is 1. The maximum atomic E-state index is 8.82. The van der Waals surface area contributed by atoms with E-state index in [2.05, 4.69) is 27.1 Å². The number of aliphatic hydroxyl groups excluding tert-OH is 1. The van der Waals surface area contributed by atoms with Gasteiger partial charge in [0.05, 0.1) is 11.7 Å². The van der Waals surface area contributed by atoms with Crippen molar-refractivity contribution in [2.24, 2.45) is 0 Å². The van der Waals surface area contributed by atoms with Gasteiger partial charge in [0.2, 0.25) is 0 Å². The van der Waals surface area contributed by atoms with Crippen LogP contribution in [0.5, 0.6) is 0 Å². The Kier molecular flexibility index (Phi) is 6.71. The molecule has 3 rings (SSSR count). The minimum Gasteiger partial charge on any atom is -0.658 e. The van der Waals surface area contributed by atoms with Crippen LogP contribution in [0.25, 0.3) is 11.3 Å². The molecule has 1 aliphatic rings. The monoisotopic (exact) mass is 559 g/mol. The fourth-order valence-electron chi connectivity index (χ4n) is 2.03. The van der Waals surface area contributed by atoms with E-state index >= 15 is 0 Å². The van der Waals surface area contributed by atoms with E-state index in [-0.39, 0.29) is 31.1 Å². The molecule has 0 spiro atoms. The number of halogens is 1. The van der Waals surface area contributed by atoms with Crippen molar-refractivity contribution in [1.29, 1.82) is 5.26 Å². The minimum atomic E-state index is -0.879. The van der Waals surface area contributed by atoms with E-state index in [0.717, 1.165) is 17.1 Å². The zero-order valence-corrected chi connectivity index (χ0v) is 16.7. The molecule has 20 heavy (non-hydrogen) atoms. The van der Waals surface area contributed by atoms with Gasteiger partial charge in [0.25, 0.3) is 0 Å². The van der Waals surface area contributed by atoms with Crippen molar-refractivity contribution in [3.63, 3.8) is 0 Å². The smallest absolute Gasteiger partial charge is 0.0830 e. The summed E-state index contributed by atoms with van der Waals surface area (Å²) in [4.78, 5) is 0. The number of hydrogen-bond donors (Lipinski definition) is 1. The molecular formula is C13H14BrN4OU-. The largest absolute Gasteiger partial charge is 0.658 e. The summed E-state index contributed by atoms with van der Waals surface area (Å²) in [6.07, 6.45) is 6.10. The number of pyridine rings is 1. The Hall–Kier alpha value is -0.368. The van der Waals surface area contributed by atoms with E-state index in [1.54, 1.807) is 10.7 Å². The predicted molar refractivity (Wildman–Crippen MR) is 75.7 cm³/mol. The van der Waals surface area contributed by atoms with Gasteiger partial charge in [0, 0.05) is 55.0 Å². The van der Waals surface area contributed by atoms with Crippen LogP contribution in [0, 0.1) is 42.4 Å². The van der Waals surface area contributed by atoms with E-state index in [1.165, 1.54) is 18.4 Å². The number of rotatable bonds is 2. The number of aliphatic hydroxyl groups is 1. The second-order valence-corrected chi connectivity index (χ2v) is 5.21. The maximum absolute atomic E-state index is 8.82. The molecule has 2 heterocycles. The van der Waals surface area contributed by atoms with Crippen LogP contribution in [-0.2, 0) is 0 Å². The molecule has 0 bridgehead atoms. The molecule has 2 N–H and O–H groups in total. The van der Waals surface area contributed by atoms with Gasteiger partial charge >= 0.3 is 0 Å². The first-order valence-corrected chi connectivity index (χ1v) is 6.72. The summed E-state index contributed by atoms with van der Waals surface area (Å²) in [7, 11) is 1.00. The zero-order valence-electron chi connectivity index (χ0n) is 11.0. The first-order valence-electron chi connectivity index (χ1n) is 5.93. The van der Waals surface area contributed by atoms with Gasteiger partial charge in [-0.1, -0.05) is 0 Å². The summed E-state index contributed by atoms with van der Waals surface area (Å²) >= 11 is 3.52. The van der Waals surface area contributed by atoms with E-state index < -0.39 is 6.04 Å². The van der Waals surface area contributed by atoms with Gasteiger partial charge in [0.15, 0.2) is 0 Å². The van der Waals surface area contributed by atoms with E-state index in [0.29, 0.717) is 11.5 Å². The van der Waals surface area contributed by atoms with Crippen molar-refractivity contribution < 1.29 is 36.2 Å². The van der Waals surface area contributed by atoms with Crippen LogP contribution < -0.4 is 0 Å². The molecule has 1 saturated carbocycles. The van der Waals surface area contributed by atoms with Crippen molar-refractivity contribution in [2.75, 3.05) is 7.11 Å². The second kappa shape index (κ2) is 7.59. The summed E-state index contributed by atoms with van der Waals surface area (Å²) in [5.41, 5.74) is 10.4. The number of hydrogen-bond acceptors (Lipinski definition) is 3. The summed E-state index contributed by atoms with van der Waals surface area (Å²) in [5.74, 6) is 0.658. The third kappa shape index (κ3) is 3.44. The van der Waals surface area contributed by atoms with Crippen LogP contribution in [0.2, 0.25) is 0 Å².